The van der Waals surface area contributed by atoms with Crippen molar-refractivity contribution in [3.63, 3.8) is 0 Å². The fraction of sp³-hybridized carbons (Fsp3) is 0.200. The topological polar surface area (TPSA) is 56.1 Å². The van der Waals surface area contributed by atoms with Crippen LogP contribution in [0.1, 0.15) is 17.4 Å². The molecule has 0 fully saturated rings. The zero-order valence-electron chi connectivity index (χ0n) is 15.1. The molecule has 1 atom stereocenters. The van der Waals surface area contributed by atoms with Gasteiger partial charge in [0, 0.05) is 29.9 Å². The third kappa shape index (κ3) is 4.49. The minimum absolute atomic E-state index is 0.0943. The Balaban J connectivity index is 1.81. The van der Waals surface area contributed by atoms with Gasteiger partial charge in [0.2, 0.25) is 5.91 Å². The quantitative estimate of drug-likeness (QED) is 0.632. The van der Waals surface area contributed by atoms with Crippen LogP contribution >= 0.6 is 11.8 Å². The molecule has 0 radical (unpaired) electrons. The molecule has 1 N–H and O–H groups in total. The smallest absolute Gasteiger partial charge is 0.231 e. The van der Waals surface area contributed by atoms with Crippen molar-refractivity contribution < 1.29 is 13.9 Å². The van der Waals surface area contributed by atoms with Crippen molar-refractivity contribution in [2.45, 2.75) is 10.9 Å². The number of benzene rings is 2. The monoisotopic (exact) mass is 385 g/mol. The molecule has 2 aromatic carbocycles. The maximum absolute atomic E-state index is 13.8. The van der Waals surface area contributed by atoms with E-state index in [4.69, 9.17) is 4.74 Å². The first-order valence-corrected chi connectivity index (χ1v) is 9.35. The number of thioether (sulfide) groups is 1. The zero-order valence-corrected chi connectivity index (χ0v) is 15.9. The normalized spacial score (nSPS) is 11.8. The molecular weight excluding hydrogens is 365 g/mol. The van der Waals surface area contributed by atoms with Crippen molar-refractivity contribution in [1.29, 1.82) is 0 Å². The van der Waals surface area contributed by atoms with Crippen LogP contribution in [0.2, 0.25) is 0 Å². The molecule has 0 aliphatic rings. The fourth-order valence-electron chi connectivity index (χ4n) is 2.75. The first-order chi connectivity index (χ1) is 13.1. The highest BCUT2D eigenvalue weighted by Gasteiger charge is 2.23. The highest BCUT2D eigenvalue weighted by Crippen LogP contribution is 2.29. The van der Waals surface area contributed by atoms with Crippen LogP contribution in [0.3, 0.4) is 0 Å². The SMILES string of the molecule is COc1ccccc1C(NC(=O)CSc1ccccc1F)c1nccn1C. The predicted molar refractivity (Wildman–Crippen MR) is 103 cm³/mol. The molecule has 140 valence electrons. The van der Waals surface area contributed by atoms with Crippen LogP contribution in [0.25, 0.3) is 0 Å². The number of nitrogens with one attached hydrogen (secondary N) is 1. The van der Waals surface area contributed by atoms with Gasteiger partial charge < -0.3 is 14.6 Å². The Morgan fingerprint density at radius 1 is 1.26 bits per heavy atom. The number of carbonyl (C=O) groups is 1. The Labute approximate surface area is 161 Å². The summed E-state index contributed by atoms with van der Waals surface area (Å²) < 4.78 is 21.1. The van der Waals surface area contributed by atoms with Gasteiger partial charge >= 0.3 is 0 Å². The number of aryl methyl sites for hydroxylation is 1. The van der Waals surface area contributed by atoms with Gasteiger partial charge in [-0.3, -0.25) is 4.79 Å². The second-order valence-corrected chi connectivity index (χ2v) is 6.88. The Morgan fingerprint density at radius 2 is 2.00 bits per heavy atom. The number of imidazole rings is 1. The number of nitrogens with zero attached hydrogens (tertiary/aromatic N) is 2. The summed E-state index contributed by atoms with van der Waals surface area (Å²) in [5, 5.41) is 3.00. The molecule has 7 heteroatoms. The first kappa shape index (κ1) is 19.0. The van der Waals surface area contributed by atoms with Gasteiger partial charge in [-0.25, -0.2) is 9.37 Å². The molecule has 0 spiro atoms. The number of ether oxygens (including phenoxy) is 1. The first-order valence-electron chi connectivity index (χ1n) is 8.37. The number of para-hydroxylation sites is 1. The Morgan fingerprint density at radius 3 is 2.70 bits per heavy atom. The summed E-state index contributed by atoms with van der Waals surface area (Å²) in [6, 6.07) is 13.4. The van der Waals surface area contributed by atoms with Crippen LogP contribution in [0.5, 0.6) is 5.75 Å². The number of amides is 1. The number of rotatable bonds is 7. The number of aromatic nitrogens is 2. The lowest BCUT2D eigenvalue weighted by molar-refractivity contribution is -0.119. The van der Waals surface area contributed by atoms with Gasteiger partial charge in [-0.1, -0.05) is 30.3 Å². The molecule has 5 nitrogen and oxygen atoms in total. The Hall–Kier alpha value is -2.80. The van der Waals surface area contributed by atoms with Gasteiger partial charge in [-0.2, -0.15) is 0 Å². The Kier molecular flexibility index (Phi) is 6.13. The van der Waals surface area contributed by atoms with E-state index >= 15 is 0 Å². The number of hydrogen-bond acceptors (Lipinski definition) is 4. The standard InChI is InChI=1S/C20H20FN3O2S/c1-24-12-11-22-20(24)19(14-7-3-5-9-16(14)26-2)23-18(25)13-27-17-10-6-4-8-15(17)21/h3-12,19H,13H2,1-2H3,(H,23,25). The minimum atomic E-state index is -0.477. The molecule has 1 amide bonds. The lowest BCUT2D eigenvalue weighted by Crippen LogP contribution is -2.32. The van der Waals surface area contributed by atoms with E-state index in [1.807, 2.05) is 42.1 Å². The van der Waals surface area contributed by atoms with Gasteiger partial charge in [-0.05, 0) is 18.2 Å². The molecule has 0 saturated heterocycles. The molecule has 1 aromatic heterocycles. The molecule has 1 unspecified atom stereocenters. The zero-order chi connectivity index (χ0) is 19.2. The van der Waals surface area contributed by atoms with Gasteiger partial charge in [0.25, 0.3) is 0 Å². The van der Waals surface area contributed by atoms with Crippen LogP contribution < -0.4 is 10.1 Å². The van der Waals surface area contributed by atoms with Crippen molar-refractivity contribution in [2.24, 2.45) is 7.05 Å². The van der Waals surface area contributed by atoms with Crippen LogP contribution in [0.15, 0.2) is 65.8 Å². The molecule has 27 heavy (non-hydrogen) atoms. The van der Waals surface area contributed by atoms with Crippen LogP contribution in [0.4, 0.5) is 4.39 Å². The molecule has 0 saturated carbocycles. The van der Waals surface area contributed by atoms with Crippen molar-refractivity contribution in [2.75, 3.05) is 12.9 Å². The molecule has 0 bridgehead atoms. The van der Waals surface area contributed by atoms with Crippen LogP contribution in [0, 0.1) is 5.82 Å². The summed E-state index contributed by atoms with van der Waals surface area (Å²) in [6.45, 7) is 0. The second kappa shape index (κ2) is 8.73. The second-order valence-electron chi connectivity index (χ2n) is 5.86. The maximum atomic E-state index is 13.8. The van der Waals surface area contributed by atoms with Crippen LogP contribution in [-0.4, -0.2) is 28.3 Å². The fourth-order valence-corrected chi connectivity index (χ4v) is 3.50. The number of hydrogen-bond donors (Lipinski definition) is 1. The third-order valence-electron chi connectivity index (χ3n) is 4.07. The average Bonchev–Trinajstić information content (AvgIpc) is 3.11. The largest absolute Gasteiger partial charge is 0.496 e. The van der Waals surface area contributed by atoms with E-state index in [2.05, 4.69) is 10.3 Å². The van der Waals surface area contributed by atoms with Crippen molar-refractivity contribution in [3.8, 4) is 5.75 Å². The molecule has 0 aliphatic carbocycles. The van der Waals surface area contributed by atoms with Crippen molar-refractivity contribution in [1.82, 2.24) is 14.9 Å². The highest BCUT2D eigenvalue weighted by molar-refractivity contribution is 8.00. The van der Waals surface area contributed by atoms with E-state index in [0.717, 1.165) is 17.3 Å². The minimum Gasteiger partial charge on any atom is -0.496 e. The summed E-state index contributed by atoms with van der Waals surface area (Å²) in [4.78, 5) is 17.4. The molecule has 0 aliphatic heterocycles. The van der Waals surface area contributed by atoms with E-state index in [-0.39, 0.29) is 17.5 Å². The summed E-state index contributed by atoms with van der Waals surface area (Å²) in [5.74, 6) is 0.885. The lowest BCUT2D eigenvalue weighted by atomic mass is 10.0. The summed E-state index contributed by atoms with van der Waals surface area (Å²) >= 11 is 1.16. The van der Waals surface area contributed by atoms with E-state index in [0.29, 0.717) is 16.5 Å². The number of methoxy groups -OCH3 is 1. The average molecular weight is 385 g/mol. The van der Waals surface area contributed by atoms with Crippen LogP contribution in [-0.2, 0) is 11.8 Å². The number of halogens is 1. The molecular formula is C20H20FN3O2S. The summed E-state index contributed by atoms with van der Waals surface area (Å²) in [6.07, 6.45) is 3.50. The lowest BCUT2D eigenvalue weighted by Gasteiger charge is -2.21. The number of carbonyl (C=O) groups excluding carboxylic acids is 1. The molecule has 3 rings (SSSR count). The van der Waals surface area contributed by atoms with E-state index < -0.39 is 6.04 Å². The highest BCUT2D eigenvalue weighted by atomic mass is 32.2. The van der Waals surface area contributed by atoms with E-state index in [9.17, 15) is 9.18 Å². The van der Waals surface area contributed by atoms with Crippen molar-refractivity contribution in [3.05, 3.63) is 78.1 Å². The Bertz CT molecular complexity index is 929. The summed E-state index contributed by atoms with van der Waals surface area (Å²) in [5.41, 5.74) is 0.804. The van der Waals surface area contributed by atoms with Gasteiger partial charge in [0.15, 0.2) is 0 Å². The third-order valence-corrected chi connectivity index (χ3v) is 5.12. The van der Waals surface area contributed by atoms with Gasteiger partial charge in [0.05, 0.1) is 12.9 Å². The van der Waals surface area contributed by atoms with Gasteiger partial charge in [0.1, 0.15) is 23.4 Å². The van der Waals surface area contributed by atoms with E-state index in [1.54, 1.807) is 31.5 Å². The molecule has 3 aromatic rings. The summed E-state index contributed by atoms with van der Waals surface area (Å²) in [7, 11) is 3.45. The van der Waals surface area contributed by atoms with E-state index in [1.165, 1.54) is 6.07 Å². The van der Waals surface area contributed by atoms with Gasteiger partial charge in [-0.15, -0.1) is 11.8 Å². The maximum Gasteiger partial charge on any atom is 0.231 e. The predicted octanol–water partition coefficient (Wildman–Crippen LogP) is 3.57. The molecule has 1 heterocycles. The van der Waals surface area contributed by atoms with Crippen molar-refractivity contribution >= 4 is 17.7 Å².